The lowest BCUT2D eigenvalue weighted by Gasteiger charge is -2.49. The van der Waals surface area contributed by atoms with E-state index in [1.54, 1.807) is 48.5 Å². The number of halogens is 1. The largest absolute Gasteiger partial charge is 0.459 e. The lowest BCUT2D eigenvalue weighted by Crippen LogP contribution is -2.61. The Morgan fingerprint density at radius 1 is 0.722 bits per heavy atom. The van der Waals surface area contributed by atoms with E-state index in [1.165, 1.54) is 89.5 Å². The average molecular weight is 1410 g/mol. The Kier molecular flexibility index (Phi) is 38.1. The maximum absolute atomic E-state index is 14.2. The molecule has 20 nitrogen and oxygen atoms in total. The highest BCUT2D eigenvalue weighted by atomic mass is 35.5. The van der Waals surface area contributed by atoms with Crippen molar-refractivity contribution in [3.63, 3.8) is 0 Å². The molecule has 3 heterocycles. The van der Waals surface area contributed by atoms with E-state index in [0.29, 0.717) is 24.8 Å². The van der Waals surface area contributed by atoms with Crippen LogP contribution in [0, 0.1) is 23.7 Å². The fourth-order valence-corrected chi connectivity index (χ4v) is 14.0. The lowest BCUT2D eigenvalue weighted by atomic mass is 9.74. The van der Waals surface area contributed by atoms with Crippen LogP contribution in [0.1, 0.15) is 221 Å². The molecule has 0 radical (unpaired) electrons. The van der Waals surface area contributed by atoms with Gasteiger partial charge in [0.05, 0.1) is 60.3 Å². The molecule has 0 amide bonds. The average Bonchev–Trinajstić information content (AvgIpc) is 0.786. The summed E-state index contributed by atoms with van der Waals surface area (Å²) in [4.78, 5) is 42.9. The van der Waals surface area contributed by atoms with Crippen LogP contribution in [0.3, 0.4) is 0 Å². The molecule has 3 aromatic carbocycles. The molecule has 0 bridgehead atoms. The summed E-state index contributed by atoms with van der Waals surface area (Å²) in [5, 5.41) is 50.2. The van der Waals surface area contributed by atoms with Crippen molar-refractivity contribution in [1.82, 2.24) is 10.2 Å². The molecule has 3 fully saturated rings. The topological polar surface area (TPSA) is 276 Å². The van der Waals surface area contributed by atoms with Crippen LogP contribution in [0.15, 0.2) is 91.0 Å². The highest BCUT2D eigenvalue weighted by molar-refractivity contribution is 7.80. The Bertz CT molecular complexity index is 2770. The van der Waals surface area contributed by atoms with Crippen molar-refractivity contribution in [2.24, 2.45) is 23.7 Å². The number of Topliss-reactive ketones (excluding diaryl/α,β-unsaturated/α-hetero) is 1. The number of esters is 2. The first kappa shape index (κ1) is 87.2. The van der Waals surface area contributed by atoms with E-state index in [-0.39, 0.29) is 56.8 Å². The van der Waals surface area contributed by atoms with Gasteiger partial charge in [0.25, 0.3) is 0 Å². The van der Waals surface area contributed by atoms with Gasteiger partial charge in [0.1, 0.15) is 23.6 Å². The van der Waals surface area contributed by atoms with Crippen molar-refractivity contribution in [2.75, 3.05) is 34.4 Å². The van der Waals surface area contributed by atoms with Gasteiger partial charge in [0.2, 0.25) is 0 Å². The molecule has 0 aromatic heterocycles. The molecular formula is C75H123ClN2O18S. The van der Waals surface area contributed by atoms with Gasteiger partial charge in [0.15, 0.2) is 18.7 Å². The molecule has 3 aromatic rings. The Hall–Kier alpha value is -4.01. The first-order chi connectivity index (χ1) is 45.3. The number of aliphatic hydroxyl groups excluding tert-OH is 2. The number of carbonyl (C=O) groups is 3. The van der Waals surface area contributed by atoms with Gasteiger partial charge in [-0.2, -0.15) is 8.42 Å². The minimum atomic E-state index is -4.23. The van der Waals surface area contributed by atoms with Gasteiger partial charge in [-0.1, -0.05) is 190 Å². The number of benzene rings is 3. The molecule has 19 unspecified atom stereocenters. The molecule has 0 aliphatic carbocycles. The van der Waals surface area contributed by atoms with Gasteiger partial charge >= 0.3 is 22.3 Å². The highest BCUT2D eigenvalue weighted by Crippen LogP contribution is 2.42. The first-order valence-corrected chi connectivity index (χ1v) is 36.7. The predicted octanol–water partition coefficient (Wildman–Crippen LogP) is 12.5. The maximum atomic E-state index is 14.2. The summed E-state index contributed by atoms with van der Waals surface area (Å²) in [5.41, 5.74) is -0.807. The second-order valence-electron chi connectivity index (χ2n) is 28.0. The molecule has 0 saturated carbocycles. The van der Waals surface area contributed by atoms with E-state index >= 15 is 0 Å². The molecule has 554 valence electrons. The monoisotopic (exact) mass is 1410 g/mol. The van der Waals surface area contributed by atoms with Crippen LogP contribution in [0.5, 0.6) is 0 Å². The van der Waals surface area contributed by atoms with Crippen LogP contribution in [0.4, 0.5) is 0 Å². The zero-order chi connectivity index (χ0) is 71.6. The smallest absolute Gasteiger partial charge is 0.397 e. The molecule has 6 rings (SSSR count). The van der Waals surface area contributed by atoms with Crippen LogP contribution in [-0.4, -0.2) is 175 Å². The van der Waals surface area contributed by atoms with Gasteiger partial charge in [-0.3, -0.25) is 18.9 Å². The summed E-state index contributed by atoms with van der Waals surface area (Å²) in [6, 6.07) is 32.3. The van der Waals surface area contributed by atoms with Crippen molar-refractivity contribution in [2.45, 2.75) is 289 Å². The van der Waals surface area contributed by atoms with Gasteiger partial charge < -0.3 is 63.8 Å². The second kappa shape index (κ2) is 42.4. The standard InChI is InChI=1S/C40H71NO14.C23H25N.C12H26O4S.ClH/c1-15-27-40(11,48)33(44)22(5)30(43)20(3)18-38(9,47)35(55-37-32(53-28(42)16-2)26(41(12)13)17-21(4)50-37)23(6)31(24(7)36(46)52-27)54-29-19-39(10,49-14)34(45)25(8)51-29;1-19(20-11-5-2-6-12-20)24-18-17-23(21-13-7-3-8-14-21)22-15-9-4-10-16-22;1-2-3-4-5-6-7-8-9-10-11-12-16-17(13,14)15;/h20-27,29,31-35,37,44-45,47-48H,15-19H2,1-14H3;2-16,19,23-24H,17-18H2,1H3;2-12H2,1H3,(H,13,14,15);1H. The Labute approximate surface area is 587 Å². The van der Waals surface area contributed by atoms with Crippen LogP contribution >= 0.6 is 12.4 Å². The zero-order valence-corrected chi connectivity index (χ0v) is 62.6. The Balaban J connectivity index is 0.000000474. The number of nitrogens with zero attached hydrogens (tertiary/aromatic N) is 1. The number of hydrogen-bond acceptors (Lipinski definition) is 19. The van der Waals surface area contributed by atoms with Gasteiger partial charge in [-0.25, -0.2) is 4.18 Å². The molecule has 0 spiro atoms. The maximum Gasteiger partial charge on any atom is 0.397 e. The number of methoxy groups -OCH3 is 1. The highest BCUT2D eigenvalue weighted by Gasteiger charge is 2.54. The van der Waals surface area contributed by atoms with Gasteiger partial charge in [0, 0.05) is 49.7 Å². The summed E-state index contributed by atoms with van der Waals surface area (Å²) in [5.74, 6) is -5.15. The number of likely N-dealkylation sites (N-methyl/N-ethyl adjacent to an activating group) is 1. The SMILES string of the molecule is CC(NCCC(c1ccccc1)c1ccccc1)c1ccccc1.CCC(=O)OC1C(OC2C(C)C(OC3CC(C)(OC)C(O)C(C)O3)C(C)C(=O)OC(CC)C(C)(O)C(O)C(C)C(=O)C(C)CC2(C)O)OC(C)CC1N(C)C.CCCCCCCCCCCCOS(=O)(=O)O.Cl. The van der Waals surface area contributed by atoms with Gasteiger partial charge in [-0.15, -0.1) is 12.4 Å². The van der Waals surface area contributed by atoms with E-state index in [1.807, 2.05) is 25.9 Å². The fourth-order valence-electron chi connectivity index (χ4n) is 13.7. The van der Waals surface area contributed by atoms with Crippen LogP contribution in [0.25, 0.3) is 0 Å². The van der Waals surface area contributed by atoms with Crippen molar-refractivity contribution >= 4 is 40.5 Å². The number of cyclic esters (lactones) is 1. The summed E-state index contributed by atoms with van der Waals surface area (Å²) in [6.45, 7) is 23.5. The van der Waals surface area contributed by atoms with E-state index in [0.717, 1.165) is 25.8 Å². The van der Waals surface area contributed by atoms with E-state index in [9.17, 15) is 43.2 Å². The number of ketones is 1. The third kappa shape index (κ3) is 27.4. The predicted molar refractivity (Wildman–Crippen MR) is 379 cm³/mol. The Morgan fingerprint density at radius 3 is 1.74 bits per heavy atom. The molecule has 19 atom stereocenters. The van der Waals surface area contributed by atoms with Crippen LogP contribution < -0.4 is 5.32 Å². The molecule has 6 N–H and O–H groups in total. The molecule has 3 saturated heterocycles. The number of unbranched alkanes of at least 4 members (excludes halogenated alkanes) is 9. The minimum absolute atomic E-state index is 0. The molecule has 3 aliphatic heterocycles. The number of aliphatic hydroxyl groups is 4. The van der Waals surface area contributed by atoms with E-state index in [2.05, 4.69) is 114 Å². The van der Waals surface area contributed by atoms with E-state index < -0.39 is 124 Å². The van der Waals surface area contributed by atoms with Crippen molar-refractivity contribution in [3.05, 3.63) is 108 Å². The lowest BCUT2D eigenvalue weighted by molar-refractivity contribution is -0.319. The number of hydrogen-bond donors (Lipinski definition) is 6. The third-order valence-electron chi connectivity index (χ3n) is 19.7. The summed E-state index contributed by atoms with van der Waals surface area (Å²) >= 11 is 0. The number of rotatable bonds is 28. The number of nitrogens with one attached hydrogen (secondary N) is 1. The summed E-state index contributed by atoms with van der Waals surface area (Å²) < 4.78 is 76.6. The quantitative estimate of drug-likeness (QED) is 0.0224. The summed E-state index contributed by atoms with van der Waals surface area (Å²) in [7, 11) is 0.973. The second-order valence-corrected chi connectivity index (χ2v) is 29.1. The van der Waals surface area contributed by atoms with Crippen LogP contribution in [-0.2, 0) is 62.1 Å². The normalized spacial score (nSPS) is 31.7. The molecule has 97 heavy (non-hydrogen) atoms. The fraction of sp³-hybridized carbons (Fsp3) is 0.720. The number of carbonyl (C=O) groups excluding carboxylic acids is 3. The summed E-state index contributed by atoms with van der Waals surface area (Å²) in [6.07, 6.45) is 3.26. The Morgan fingerprint density at radius 2 is 1.25 bits per heavy atom. The number of ether oxygens (including phenoxy) is 7. The molecule has 3 aliphatic rings. The first-order valence-electron chi connectivity index (χ1n) is 35.3. The molecule has 22 heteroatoms. The zero-order valence-electron chi connectivity index (χ0n) is 61.0. The van der Waals surface area contributed by atoms with E-state index in [4.69, 9.17) is 37.7 Å². The molecular weight excluding hydrogens is 1280 g/mol. The van der Waals surface area contributed by atoms with Crippen LogP contribution in [0.2, 0.25) is 0 Å². The van der Waals surface area contributed by atoms with Crippen molar-refractivity contribution in [3.8, 4) is 0 Å². The van der Waals surface area contributed by atoms with Crippen molar-refractivity contribution in [1.29, 1.82) is 0 Å². The third-order valence-corrected chi connectivity index (χ3v) is 20.1. The van der Waals surface area contributed by atoms with Crippen molar-refractivity contribution < 1.29 is 85.1 Å². The van der Waals surface area contributed by atoms with Gasteiger partial charge in [-0.05, 0) is 118 Å². The minimum Gasteiger partial charge on any atom is -0.459 e.